The third-order valence-electron chi connectivity index (χ3n) is 4.86. The Morgan fingerprint density at radius 2 is 1.83 bits per heavy atom. The van der Waals surface area contributed by atoms with Crippen LogP contribution in [0.1, 0.15) is 29.2 Å². The van der Waals surface area contributed by atoms with Gasteiger partial charge < -0.3 is 10.3 Å². The molecule has 0 radical (unpaired) electrons. The van der Waals surface area contributed by atoms with Crippen molar-refractivity contribution in [1.82, 2.24) is 4.57 Å². The Kier molecular flexibility index (Phi) is 3.37. The molecule has 3 nitrogen and oxygen atoms in total. The lowest BCUT2D eigenvalue weighted by Gasteiger charge is -2.11. The van der Waals surface area contributed by atoms with Gasteiger partial charge in [0.1, 0.15) is 11.6 Å². The van der Waals surface area contributed by atoms with E-state index >= 15 is 0 Å². The van der Waals surface area contributed by atoms with Gasteiger partial charge >= 0.3 is 0 Å². The van der Waals surface area contributed by atoms with E-state index in [1.807, 2.05) is 28.8 Å². The number of hydrogen-bond acceptors (Lipinski definition) is 1. The molecule has 3 aromatic rings. The lowest BCUT2D eigenvalue weighted by atomic mass is 10.00. The van der Waals surface area contributed by atoms with Gasteiger partial charge in [-0.2, -0.15) is 0 Å². The first-order valence-electron chi connectivity index (χ1n) is 7.90. The van der Waals surface area contributed by atoms with E-state index in [1.165, 1.54) is 18.2 Å². The van der Waals surface area contributed by atoms with Crippen molar-refractivity contribution in [3.63, 3.8) is 0 Å². The quantitative estimate of drug-likeness (QED) is 0.787. The number of aromatic nitrogens is 1. The highest BCUT2D eigenvalue weighted by Crippen LogP contribution is 2.41. The minimum Gasteiger partial charge on any atom is -0.369 e. The smallest absolute Gasteiger partial charge is 0.225 e. The maximum absolute atomic E-state index is 14.1. The van der Waals surface area contributed by atoms with E-state index < -0.39 is 11.6 Å². The first-order valence-corrected chi connectivity index (χ1v) is 7.90. The summed E-state index contributed by atoms with van der Waals surface area (Å²) in [5.41, 5.74) is 8.31. The van der Waals surface area contributed by atoms with Crippen molar-refractivity contribution in [2.75, 3.05) is 0 Å². The molecule has 0 spiro atoms. The molecule has 0 fully saturated rings. The predicted molar refractivity (Wildman–Crippen MR) is 87.7 cm³/mol. The number of fused-ring (bicyclic) bond motifs is 3. The molecule has 4 rings (SSSR count). The van der Waals surface area contributed by atoms with Gasteiger partial charge in [0.15, 0.2) is 0 Å². The highest BCUT2D eigenvalue weighted by atomic mass is 19.1. The maximum atomic E-state index is 14.1. The Labute approximate surface area is 137 Å². The van der Waals surface area contributed by atoms with Crippen LogP contribution in [0.3, 0.4) is 0 Å². The fraction of sp³-hybridized carbons (Fsp3) is 0.211. The average Bonchev–Trinajstić information content (AvgIpc) is 3.10. The highest BCUT2D eigenvalue weighted by Gasteiger charge is 2.33. The minimum atomic E-state index is -0.564. The fourth-order valence-corrected chi connectivity index (χ4v) is 3.77. The molecule has 2 aromatic carbocycles. The molecule has 1 aliphatic rings. The van der Waals surface area contributed by atoms with Crippen LogP contribution >= 0.6 is 0 Å². The molecule has 1 atom stereocenters. The first kappa shape index (κ1) is 14.9. The summed E-state index contributed by atoms with van der Waals surface area (Å²) in [5.74, 6) is -1.82. The molecular formula is C19H16F2N2O. The zero-order chi connectivity index (χ0) is 16.8. The maximum Gasteiger partial charge on any atom is 0.225 e. The molecule has 1 heterocycles. The highest BCUT2D eigenvalue weighted by molar-refractivity contribution is 5.94. The van der Waals surface area contributed by atoms with E-state index in [4.69, 9.17) is 5.73 Å². The van der Waals surface area contributed by atoms with E-state index in [-0.39, 0.29) is 23.9 Å². The van der Waals surface area contributed by atoms with Gasteiger partial charge in [-0.15, -0.1) is 0 Å². The van der Waals surface area contributed by atoms with Crippen molar-refractivity contribution in [1.29, 1.82) is 0 Å². The van der Waals surface area contributed by atoms with Crippen molar-refractivity contribution in [2.45, 2.75) is 25.3 Å². The second-order valence-electron chi connectivity index (χ2n) is 6.16. The number of nitrogens with two attached hydrogens (primary N) is 1. The second kappa shape index (κ2) is 5.44. The minimum absolute atomic E-state index is 0.0311. The number of carbonyl (C=O) groups excluding carboxylic acids is 1. The summed E-state index contributed by atoms with van der Waals surface area (Å²) < 4.78 is 30.1. The number of carbonyl (C=O) groups is 1. The molecule has 1 unspecified atom stereocenters. The summed E-state index contributed by atoms with van der Waals surface area (Å²) in [6.07, 6.45) is 1.32. The number of primary amides is 1. The normalized spacial score (nSPS) is 16.5. The van der Waals surface area contributed by atoms with Crippen LogP contribution in [0.5, 0.6) is 0 Å². The van der Waals surface area contributed by atoms with Crippen LogP contribution in [-0.4, -0.2) is 10.5 Å². The summed E-state index contributed by atoms with van der Waals surface area (Å²) in [4.78, 5) is 11.8. The number of halogens is 2. The summed E-state index contributed by atoms with van der Waals surface area (Å²) in [7, 11) is 0. The molecular weight excluding hydrogens is 310 g/mol. The van der Waals surface area contributed by atoms with Crippen LogP contribution in [-0.2, 0) is 17.8 Å². The lowest BCUT2D eigenvalue weighted by Crippen LogP contribution is -2.19. The van der Waals surface area contributed by atoms with Crippen molar-refractivity contribution in [3.8, 4) is 0 Å². The van der Waals surface area contributed by atoms with Crippen LogP contribution in [0.2, 0.25) is 0 Å². The largest absolute Gasteiger partial charge is 0.369 e. The molecule has 1 amide bonds. The van der Waals surface area contributed by atoms with Crippen LogP contribution in [0.4, 0.5) is 8.78 Å². The predicted octanol–water partition coefficient (Wildman–Crippen LogP) is 3.48. The Hall–Kier alpha value is -2.69. The SMILES string of the molecule is NC(=O)C1CCc2c1c1ccccc1n2Cc1c(F)cccc1F. The van der Waals surface area contributed by atoms with Gasteiger partial charge in [0, 0.05) is 22.2 Å². The van der Waals surface area contributed by atoms with Crippen molar-refractivity contribution < 1.29 is 13.6 Å². The summed E-state index contributed by atoms with van der Waals surface area (Å²) in [6, 6.07) is 11.5. The summed E-state index contributed by atoms with van der Waals surface area (Å²) in [6.45, 7) is 0.0971. The van der Waals surface area contributed by atoms with Crippen LogP contribution in [0, 0.1) is 11.6 Å². The Morgan fingerprint density at radius 1 is 1.12 bits per heavy atom. The Balaban J connectivity index is 1.93. The first-order chi connectivity index (χ1) is 11.6. The zero-order valence-electron chi connectivity index (χ0n) is 12.9. The number of amides is 1. The molecule has 2 N–H and O–H groups in total. The van der Waals surface area contributed by atoms with Gasteiger partial charge in [-0.1, -0.05) is 24.3 Å². The molecule has 5 heteroatoms. The third-order valence-corrected chi connectivity index (χ3v) is 4.86. The molecule has 0 bridgehead atoms. The van der Waals surface area contributed by atoms with Crippen LogP contribution in [0.15, 0.2) is 42.5 Å². The van der Waals surface area contributed by atoms with Gasteiger partial charge in [-0.3, -0.25) is 4.79 Å². The average molecular weight is 326 g/mol. The molecule has 1 aromatic heterocycles. The van der Waals surface area contributed by atoms with Crippen LogP contribution < -0.4 is 5.73 Å². The number of nitrogens with zero attached hydrogens (tertiary/aromatic N) is 1. The van der Waals surface area contributed by atoms with Gasteiger partial charge in [-0.25, -0.2) is 8.78 Å². The number of hydrogen-bond donors (Lipinski definition) is 1. The van der Waals surface area contributed by atoms with Gasteiger partial charge in [0.2, 0.25) is 5.91 Å². The summed E-state index contributed by atoms with van der Waals surface area (Å²) in [5, 5.41) is 0.936. The molecule has 122 valence electrons. The molecule has 24 heavy (non-hydrogen) atoms. The van der Waals surface area contributed by atoms with Crippen molar-refractivity contribution in [2.24, 2.45) is 5.73 Å². The zero-order valence-corrected chi connectivity index (χ0v) is 12.9. The van der Waals surface area contributed by atoms with E-state index in [1.54, 1.807) is 0 Å². The van der Waals surface area contributed by atoms with E-state index in [9.17, 15) is 13.6 Å². The van der Waals surface area contributed by atoms with Crippen molar-refractivity contribution in [3.05, 3.63) is 70.9 Å². The molecule has 1 aliphatic carbocycles. The molecule has 0 aliphatic heterocycles. The molecule has 0 saturated heterocycles. The number of para-hydroxylation sites is 1. The van der Waals surface area contributed by atoms with E-state index in [2.05, 4.69) is 0 Å². The Morgan fingerprint density at radius 3 is 2.54 bits per heavy atom. The fourth-order valence-electron chi connectivity index (χ4n) is 3.77. The molecule has 0 saturated carbocycles. The standard InChI is InChI=1S/C19H16F2N2O/c20-14-5-3-6-15(21)13(14)10-23-16-7-2-1-4-11(16)18-12(19(22)24)8-9-17(18)23/h1-7,12H,8-10H2,(H2,22,24). The number of benzene rings is 2. The lowest BCUT2D eigenvalue weighted by molar-refractivity contribution is -0.119. The Bertz CT molecular complexity index is 941. The van der Waals surface area contributed by atoms with Gasteiger partial charge in [0.05, 0.1) is 12.5 Å². The van der Waals surface area contributed by atoms with Gasteiger partial charge in [-0.05, 0) is 36.6 Å². The van der Waals surface area contributed by atoms with E-state index in [0.717, 1.165) is 22.2 Å². The third kappa shape index (κ3) is 2.12. The van der Waals surface area contributed by atoms with Crippen LogP contribution in [0.25, 0.3) is 10.9 Å². The second-order valence-corrected chi connectivity index (χ2v) is 6.16. The van der Waals surface area contributed by atoms with E-state index in [0.29, 0.717) is 12.8 Å². The topological polar surface area (TPSA) is 48.0 Å². The monoisotopic (exact) mass is 326 g/mol. The van der Waals surface area contributed by atoms with Gasteiger partial charge in [0.25, 0.3) is 0 Å². The summed E-state index contributed by atoms with van der Waals surface area (Å²) >= 11 is 0. The number of rotatable bonds is 3. The van der Waals surface area contributed by atoms with Crippen molar-refractivity contribution >= 4 is 16.8 Å².